The number of hydrogen-bond donors (Lipinski definition) is 0. The van der Waals surface area contributed by atoms with E-state index in [-0.39, 0.29) is 0 Å². The maximum atomic E-state index is 2.41. The Kier molecular flexibility index (Phi) is 3.05. The van der Waals surface area contributed by atoms with E-state index in [9.17, 15) is 0 Å². The first-order chi connectivity index (χ1) is 6.66. The molecule has 0 aromatic rings. The first kappa shape index (κ1) is 10.7. The summed E-state index contributed by atoms with van der Waals surface area (Å²) < 4.78 is 0.824. The standard InChI is InChI=1S/C13H19.Ti/c1-4-11-9(2)10(3)12-7-5-6-8-13(11)12;/h7,11H,4-6,8H2,1-3H3;. The molecule has 1 heteroatoms. The number of rotatable bonds is 1. The fourth-order valence-electron chi connectivity index (χ4n) is 3.15. The Morgan fingerprint density at radius 3 is 2.71 bits per heavy atom. The molecule has 0 nitrogen and oxygen atoms in total. The molecule has 0 heterocycles. The molecule has 75 valence electrons. The second kappa shape index (κ2) is 3.98. The van der Waals surface area contributed by atoms with Crippen LogP contribution in [-0.4, -0.2) is 0 Å². The van der Waals surface area contributed by atoms with Gasteiger partial charge in [-0.25, -0.2) is 0 Å². The molecule has 0 aliphatic heterocycles. The third kappa shape index (κ3) is 1.47. The van der Waals surface area contributed by atoms with Gasteiger partial charge in [-0.15, -0.1) is 0 Å². The molecule has 14 heavy (non-hydrogen) atoms. The van der Waals surface area contributed by atoms with Crippen molar-refractivity contribution >= 4 is 0 Å². The van der Waals surface area contributed by atoms with E-state index in [0.29, 0.717) is 0 Å². The van der Waals surface area contributed by atoms with Gasteiger partial charge in [0.25, 0.3) is 0 Å². The van der Waals surface area contributed by atoms with E-state index >= 15 is 0 Å². The molecular formula is C13H19Ti. The summed E-state index contributed by atoms with van der Waals surface area (Å²) in [5.74, 6) is 0.799. The normalized spacial score (nSPS) is 32.4. The van der Waals surface area contributed by atoms with Gasteiger partial charge in [-0.2, -0.15) is 0 Å². The van der Waals surface area contributed by atoms with Crippen LogP contribution in [0.5, 0.6) is 0 Å². The minimum atomic E-state index is 0.799. The average molecular weight is 223 g/mol. The topological polar surface area (TPSA) is 0 Å². The summed E-state index contributed by atoms with van der Waals surface area (Å²) in [5, 5.41) is 0. The fraction of sp³-hybridized carbons (Fsp3) is 0.692. The van der Waals surface area contributed by atoms with Gasteiger partial charge in [0.05, 0.1) is 0 Å². The Morgan fingerprint density at radius 1 is 1.36 bits per heavy atom. The molecule has 2 atom stereocenters. The van der Waals surface area contributed by atoms with Gasteiger partial charge in [-0.3, -0.25) is 0 Å². The Hall–Kier alpha value is 0.194. The van der Waals surface area contributed by atoms with Crippen LogP contribution >= 0.6 is 0 Å². The molecule has 0 aromatic carbocycles. The van der Waals surface area contributed by atoms with Crippen LogP contribution in [0.25, 0.3) is 0 Å². The third-order valence-electron chi connectivity index (χ3n) is 3.98. The van der Waals surface area contributed by atoms with Crippen LogP contribution in [-0.2, 0) is 20.4 Å². The first-order valence-corrected chi connectivity index (χ1v) is 6.68. The van der Waals surface area contributed by atoms with Crippen molar-refractivity contribution in [3.05, 3.63) is 22.3 Å². The summed E-state index contributed by atoms with van der Waals surface area (Å²) in [4.78, 5) is 0. The fourth-order valence-corrected chi connectivity index (χ4v) is 4.10. The predicted molar refractivity (Wildman–Crippen MR) is 56.8 cm³/mol. The van der Waals surface area contributed by atoms with Crippen LogP contribution in [0.1, 0.15) is 46.5 Å². The van der Waals surface area contributed by atoms with E-state index in [1.54, 1.807) is 22.3 Å². The van der Waals surface area contributed by atoms with E-state index in [1.165, 1.54) is 25.7 Å². The Labute approximate surface area is 99.3 Å². The molecule has 2 aliphatic carbocycles. The van der Waals surface area contributed by atoms with Crippen molar-refractivity contribution in [1.82, 2.24) is 0 Å². The zero-order valence-electron chi connectivity index (χ0n) is 9.48. The summed E-state index contributed by atoms with van der Waals surface area (Å²) in [5.41, 5.74) is 6.81. The van der Waals surface area contributed by atoms with E-state index < -0.39 is 0 Å². The maximum absolute atomic E-state index is 2.41. The van der Waals surface area contributed by atoms with Crippen molar-refractivity contribution in [2.45, 2.75) is 50.7 Å². The SMILES string of the molecule is CCC1C(C)=C(C)C2=C1CCC[CH]2[Ti]. The van der Waals surface area contributed by atoms with Gasteiger partial charge >= 0.3 is 99.3 Å². The van der Waals surface area contributed by atoms with Crippen LogP contribution in [0.2, 0.25) is 4.22 Å². The summed E-state index contributed by atoms with van der Waals surface area (Å²) in [6.45, 7) is 7.01. The summed E-state index contributed by atoms with van der Waals surface area (Å²) in [6.07, 6.45) is 5.48. The summed E-state index contributed by atoms with van der Waals surface area (Å²) in [7, 11) is 0. The Balaban J connectivity index is 2.43. The third-order valence-corrected chi connectivity index (χ3v) is 4.88. The molecule has 0 spiro atoms. The van der Waals surface area contributed by atoms with Crippen LogP contribution in [0, 0.1) is 5.92 Å². The molecular weight excluding hydrogens is 204 g/mol. The van der Waals surface area contributed by atoms with Crippen molar-refractivity contribution in [2.75, 3.05) is 0 Å². The van der Waals surface area contributed by atoms with Gasteiger partial charge in [0.2, 0.25) is 0 Å². The van der Waals surface area contributed by atoms with E-state index in [0.717, 1.165) is 10.1 Å². The Bertz CT molecular complexity index is 309. The molecule has 0 radical (unpaired) electrons. The van der Waals surface area contributed by atoms with Gasteiger partial charge in [-0.1, -0.05) is 0 Å². The zero-order chi connectivity index (χ0) is 10.3. The predicted octanol–water partition coefficient (Wildman–Crippen LogP) is 4.18. The molecule has 0 amide bonds. The van der Waals surface area contributed by atoms with Crippen LogP contribution in [0.4, 0.5) is 0 Å². The van der Waals surface area contributed by atoms with Crippen molar-refractivity contribution in [1.29, 1.82) is 0 Å². The monoisotopic (exact) mass is 223 g/mol. The molecule has 2 aliphatic rings. The number of allylic oxidation sites excluding steroid dienone is 4. The molecule has 0 N–H and O–H groups in total. The van der Waals surface area contributed by atoms with Crippen LogP contribution in [0.15, 0.2) is 22.3 Å². The molecule has 0 saturated heterocycles. The van der Waals surface area contributed by atoms with Crippen molar-refractivity contribution < 1.29 is 20.4 Å². The van der Waals surface area contributed by atoms with Crippen molar-refractivity contribution in [2.24, 2.45) is 5.92 Å². The van der Waals surface area contributed by atoms with Crippen molar-refractivity contribution in [3.8, 4) is 0 Å². The first-order valence-electron chi connectivity index (χ1n) is 5.78. The molecule has 2 rings (SSSR count). The molecule has 2 unspecified atom stereocenters. The molecule has 0 bridgehead atoms. The van der Waals surface area contributed by atoms with Gasteiger partial charge in [-0.05, 0) is 0 Å². The van der Waals surface area contributed by atoms with E-state index in [1.807, 2.05) is 0 Å². The number of hydrogen-bond acceptors (Lipinski definition) is 0. The van der Waals surface area contributed by atoms with Gasteiger partial charge in [0.15, 0.2) is 0 Å². The molecule has 0 saturated carbocycles. The van der Waals surface area contributed by atoms with Crippen LogP contribution in [0.3, 0.4) is 0 Å². The van der Waals surface area contributed by atoms with Gasteiger partial charge in [0, 0.05) is 0 Å². The summed E-state index contributed by atoms with van der Waals surface area (Å²) in [6, 6.07) is 0. The second-order valence-corrected chi connectivity index (χ2v) is 5.74. The minimum absolute atomic E-state index is 0.799. The summed E-state index contributed by atoms with van der Waals surface area (Å²) >= 11 is 2.41. The van der Waals surface area contributed by atoms with Crippen molar-refractivity contribution in [3.63, 3.8) is 0 Å². The Morgan fingerprint density at radius 2 is 2.07 bits per heavy atom. The van der Waals surface area contributed by atoms with E-state index in [4.69, 9.17) is 0 Å². The van der Waals surface area contributed by atoms with Crippen LogP contribution < -0.4 is 0 Å². The van der Waals surface area contributed by atoms with Gasteiger partial charge < -0.3 is 0 Å². The van der Waals surface area contributed by atoms with E-state index in [2.05, 4.69) is 41.2 Å². The molecule has 0 fully saturated rings. The quantitative estimate of drug-likeness (QED) is 0.585. The average Bonchev–Trinajstić information content (AvgIpc) is 2.41. The zero-order valence-corrected chi connectivity index (χ0v) is 11.0. The van der Waals surface area contributed by atoms with Gasteiger partial charge in [0.1, 0.15) is 0 Å². The molecule has 0 aromatic heterocycles. The second-order valence-electron chi connectivity index (χ2n) is 4.65.